The zero-order valence-corrected chi connectivity index (χ0v) is 7.38. The summed E-state index contributed by atoms with van der Waals surface area (Å²) in [4.78, 5) is 19.8. The topological polar surface area (TPSA) is 90.5 Å². The second-order valence-electron chi connectivity index (χ2n) is 2.39. The lowest BCUT2D eigenvalue weighted by Crippen LogP contribution is -2.34. The van der Waals surface area contributed by atoms with E-state index in [4.69, 9.17) is 5.11 Å². The molecule has 0 atom stereocenters. The molecule has 0 fully saturated rings. The first-order chi connectivity index (χ1) is 6.27. The quantitative estimate of drug-likeness (QED) is 0.249. The summed E-state index contributed by atoms with van der Waals surface area (Å²) in [6.45, 7) is 2.55. The van der Waals surface area contributed by atoms with E-state index < -0.39 is 5.97 Å². The summed E-state index contributed by atoms with van der Waals surface area (Å²) in [6.07, 6.45) is 0.643. The Hall–Kier alpha value is -1.14. The Kier molecular flexibility index (Phi) is 8.17. The van der Waals surface area contributed by atoms with Gasteiger partial charge in [-0.05, 0) is 0 Å². The molecule has 6 nitrogen and oxygen atoms in total. The number of amides is 1. The van der Waals surface area contributed by atoms with E-state index in [1.54, 1.807) is 0 Å². The third-order valence-electron chi connectivity index (χ3n) is 1.28. The molecule has 76 valence electrons. The van der Waals surface area contributed by atoms with E-state index in [1.165, 1.54) is 0 Å². The van der Waals surface area contributed by atoms with Crippen LogP contribution in [0.15, 0.2) is 0 Å². The van der Waals surface area contributed by atoms with Crippen LogP contribution >= 0.6 is 0 Å². The molecule has 0 aliphatic heterocycles. The Morgan fingerprint density at radius 1 is 1.15 bits per heavy atom. The maximum absolute atomic E-state index is 10.0. The van der Waals surface area contributed by atoms with Gasteiger partial charge in [0.15, 0.2) is 0 Å². The second kappa shape index (κ2) is 8.95. The Labute approximate surface area is 76.7 Å². The number of hydrogen-bond donors (Lipinski definition) is 4. The lowest BCUT2D eigenvalue weighted by atomic mass is 10.5. The molecule has 0 saturated carbocycles. The summed E-state index contributed by atoms with van der Waals surface area (Å²) in [6, 6.07) is 0. The summed E-state index contributed by atoms with van der Waals surface area (Å²) in [5.41, 5.74) is 0. The third-order valence-corrected chi connectivity index (χ3v) is 1.28. The average Bonchev–Trinajstić information content (AvgIpc) is 2.09. The van der Waals surface area contributed by atoms with Gasteiger partial charge in [0, 0.05) is 26.2 Å². The predicted octanol–water partition coefficient (Wildman–Crippen LogP) is -2.00. The summed E-state index contributed by atoms with van der Waals surface area (Å²) in [5, 5.41) is 16.5. The van der Waals surface area contributed by atoms with Crippen molar-refractivity contribution >= 4 is 12.4 Å². The number of carbonyl (C=O) groups is 2. The van der Waals surface area contributed by atoms with Crippen LogP contribution in [0.25, 0.3) is 0 Å². The maximum Gasteiger partial charge on any atom is 0.317 e. The van der Waals surface area contributed by atoms with Crippen LogP contribution in [-0.2, 0) is 9.59 Å². The second-order valence-corrected chi connectivity index (χ2v) is 2.39. The van der Waals surface area contributed by atoms with Crippen molar-refractivity contribution in [2.24, 2.45) is 0 Å². The molecule has 0 aliphatic rings. The van der Waals surface area contributed by atoms with E-state index in [0.29, 0.717) is 32.6 Å². The number of hydrogen-bond acceptors (Lipinski definition) is 4. The van der Waals surface area contributed by atoms with Crippen LogP contribution < -0.4 is 16.0 Å². The molecule has 0 aromatic heterocycles. The minimum atomic E-state index is -0.859. The van der Waals surface area contributed by atoms with Crippen molar-refractivity contribution in [2.45, 2.75) is 0 Å². The van der Waals surface area contributed by atoms with E-state index in [1.807, 2.05) is 0 Å². The average molecular weight is 189 g/mol. The van der Waals surface area contributed by atoms with Crippen LogP contribution in [0.5, 0.6) is 0 Å². The fourth-order valence-corrected chi connectivity index (χ4v) is 0.717. The van der Waals surface area contributed by atoms with Crippen LogP contribution in [0, 0.1) is 0 Å². The van der Waals surface area contributed by atoms with E-state index in [0.717, 1.165) is 0 Å². The van der Waals surface area contributed by atoms with Gasteiger partial charge in [0.1, 0.15) is 0 Å². The molecular weight excluding hydrogens is 174 g/mol. The number of carbonyl (C=O) groups excluding carboxylic acids is 1. The number of rotatable bonds is 9. The zero-order valence-electron chi connectivity index (χ0n) is 7.38. The van der Waals surface area contributed by atoms with Crippen molar-refractivity contribution in [1.29, 1.82) is 0 Å². The van der Waals surface area contributed by atoms with Crippen LogP contribution in [0.4, 0.5) is 0 Å². The molecule has 0 heterocycles. The Morgan fingerprint density at radius 2 is 1.77 bits per heavy atom. The highest BCUT2D eigenvalue weighted by molar-refractivity contribution is 5.68. The number of nitrogens with one attached hydrogen (secondary N) is 3. The van der Waals surface area contributed by atoms with E-state index in [-0.39, 0.29) is 6.54 Å². The monoisotopic (exact) mass is 189 g/mol. The lowest BCUT2D eigenvalue weighted by Gasteiger charge is -2.03. The van der Waals surface area contributed by atoms with Crippen LogP contribution in [0.3, 0.4) is 0 Å². The summed E-state index contributed by atoms with van der Waals surface area (Å²) in [7, 11) is 0. The summed E-state index contributed by atoms with van der Waals surface area (Å²) in [5.74, 6) is -0.859. The standard InChI is InChI=1S/C7H15N3O3/c11-6-10-4-2-8-1-3-9-5-7(12)13/h6,8-9H,1-5H2,(H,10,11)(H,12,13). The van der Waals surface area contributed by atoms with Crippen molar-refractivity contribution < 1.29 is 14.7 Å². The first-order valence-electron chi connectivity index (χ1n) is 4.07. The molecule has 0 aromatic rings. The van der Waals surface area contributed by atoms with Crippen LogP contribution in [-0.4, -0.2) is 50.2 Å². The Balaban J connectivity index is 2.91. The van der Waals surface area contributed by atoms with Gasteiger partial charge in [-0.3, -0.25) is 9.59 Å². The van der Waals surface area contributed by atoms with E-state index >= 15 is 0 Å². The molecule has 13 heavy (non-hydrogen) atoms. The molecule has 0 saturated heterocycles. The van der Waals surface area contributed by atoms with Gasteiger partial charge in [-0.1, -0.05) is 0 Å². The molecule has 0 radical (unpaired) electrons. The molecule has 0 spiro atoms. The highest BCUT2D eigenvalue weighted by Gasteiger charge is 1.93. The van der Waals surface area contributed by atoms with Crippen molar-refractivity contribution in [3.05, 3.63) is 0 Å². The zero-order chi connectivity index (χ0) is 9.94. The smallest absolute Gasteiger partial charge is 0.317 e. The molecular formula is C7H15N3O3. The Bertz CT molecular complexity index is 152. The van der Waals surface area contributed by atoms with Gasteiger partial charge in [-0.2, -0.15) is 0 Å². The first-order valence-corrected chi connectivity index (χ1v) is 4.07. The molecule has 0 unspecified atom stereocenters. The SMILES string of the molecule is O=CNCCNCCNCC(=O)O. The molecule has 0 aliphatic carbocycles. The van der Waals surface area contributed by atoms with Gasteiger partial charge in [-0.25, -0.2) is 0 Å². The predicted molar refractivity (Wildman–Crippen MR) is 47.4 cm³/mol. The maximum atomic E-state index is 10.0. The number of aliphatic carboxylic acids is 1. The lowest BCUT2D eigenvalue weighted by molar-refractivity contribution is -0.135. The number of carboxylic acid groups (broad SMARTS) is 1. The van der Waals surface area contributed by atoms with Gasteiger partial charge in [-0.15, -0.1) is 0 Å². The largest absolute Gasteiger partial charge is 0.480 e. The van der Waals surface area contributed by atoms with Crippen molar-refractivity contribution in [3.63, 3.8) is 0 Å². The first kappa shape index (κ1) is 11.9. The van der Waals surface area contributed by atoms with Gasteiger partial charge in [0.25, 0.3) is 0 Å². The van der Waals surface area contributed by atoms with Crippen molar-refractivity contribution in [1.82, 2.24) is 16.0 Å². The van der Waals surface area contributed by atoms with Gasteiger partial charge < -0.3 is 21.1 Å². The molecule has 0 aromatic carbocycles. The highest BCUT2D eigenvalue weighted by Crippen LogP contribution is 1.61. The third kappa shape index (κ3) is 10.9. The van der Waals surface area contributed by atoms with E-state index in [9.17, 15) is 9.59 Å². The van der Waals surface area contributed by atoms with Crippen LogP contribution in [0.2, 0.25) is 0 Å². The normalized spacial score (nSPS) is 9.54. The van der Waals surface area contributed by atoms with Gasteiger partial charge in [0.05, 0.1) is 6.54 Å². The summed E-state index contributed by atoms with van der Waals surface area (Å²) >= 11 is 0. The van der Waals surface area contributed by atoms with Crippen molar-refractivity contribution in [3.8, 4) is 0 Å². The fraction of sp³-hybridized carbons (Fsp3) is 0.714. The molecule has 0 bridgehead atoms. The molecule has 1 amide bonds. The highest BCUT2D eigenvalue weighted by atomic mass is 16.4. The van der Waals surface area contributed by atoms with Gasteiger partial charge >= 0.3 is 5.97 Å². The van der Waals surface area contributed by atoms with Gasteiger partial charge in [0.2, 0.25) is 6.41 Å². The Morgan fingerprint density at radius 3 is 2.38 bits per heavy atom. The minimum absolute atomic E-state index is 0.0196. The van der Waals surface area contributed by atoms with Crippen molar-refractivity contribution in [2.75, 3.05) is 32.7 Å². The minimum Gasteiger partial charge on any atom is -0.480 e. The molecule has 4 N–H and O–H groups in total. The summed E-state index contributed by atoms with van der Waals surface area (Å²) < 4.78 is 0. The van der Waals surface area contributed by atoms with Crippen LogP contribution in [0.1, 0.15) is 0 Å². The van der Waals surface area contributed by atoms with E-state index in [2.05, 4.69) is 16.0 Å². The molecule has 0 rings (SSSR count). The fourth-order valence-electron chi connectivity index (χ4n) is 0.717. The number of carboxylic acids is 1. The molecule has 6 heteroatoms.